The zero-order valence-corrected chi connectivity index (χ0v) is 13.9. The molecule has 132 valence electrons. The average molecular weight is 347 g/mol. The molecule has 3 rings (SSSR count). The molecular weight excluding hydrogens is 328 g/mol. The summed E-state index contributed by atoms with van der Waals surface area (Å²) >= 11 is 0. The lowest BCUT2D eigenvalue weighted by molar-refractivity contribution is -0.114. The van der Waals surface area contributed by atoms with Gasteiger partial charge in [0.25, 0.3) is 11.8 Å². The highest BCUT2D eigenvalue weighted by molar-refractivity contribution is 6.01. The number of carbonyl (C=O) groups is 1. The van der Waals surface area contributed by atoms with Crippen LogP contribution in [0.5, 0.6) is 5.75 Å². The Kier molecular flexibility index (Phi) is 4.57. The number of hydrogen-bond donors (Lipinski definition) is 0. The Morgan fingerprint density at radius 1 is 1.52 bits per heavy atom. The van der Waals surface area contributed by atoms with Crippen LogP contribution in [0.1, 0.15) is 24.9 Å². The van der Waals surface area contributed by atoms with Gasteiger partial charge < -0.3 is 9.64 Å². The molecule has 1 aliphatic rings. The van der Waals surface area contributed by atoms with Crippen LogP contribution in [-0.4, -0.2) is 28.2 Å². The molecule has 0 aliphatic heterocycles. The third-order valence-corrected chi connectivity index (χ3v) is 4.00. The van der Waals surface area contributed by atoms with Gasteiger partial charge >= 0.3 is 0 Å². The molecule has 7 heteroatoms. The Bertz CT molecular complexity index is 788. The lowest BCUT2D eigenvalue weighted by atomic mass is 10.2. The number of benzene rings is 1. The van der Waals surface area contributed by atoms with Crippen LogP contribution < -0.4 is 9.64 Å². The minimum absolute atomic E-state index is 0.188. The second kappa shape index (κ2) is 6.66. The summed E-state index contributed by atoms with van der Waals surface area (Å²) in [7, 11) is 0. The van der Waals surface area contributed by atoms with E-state index in [0.29, 0.717) is 23.6 Å². The maximum atomic E-state index is 13.2. The molecule has 0 spiro atoms. The van der Waals surface area contributed by atoms with E-state index >= 15 is 0 Å². The molecule has 0 N–H and O–H groups in total. The third-order valence-electron chi connectivity index (χ3n) is 4.00. The first kappa shape index (κ1) is 17.1. The van der Waals surface area contributed by atoms with Crippen LogP contribution in [-0.2, 0) is 11.3 Å². The molecule has 0 bridgehead atoms. The van der Waals surface area contributed by atoms with Crippen LogP contribution in [0.25, 0.3) is 0 Å². The summed E-state index contributed by atoms with van der Waals surface area (Å²) in [4.78, 5) is 13.8. The summed E-state index contributed by atoms with van der Waals surface area (Å²) in [6.45, 7) is 6.04. The minimum atomic E-state index is -2.69. The summed E-state index contributed by atoms with van der Waals surface area (Å²) in [5, 5.41) is 4.01. The van der Waals surface area contributed by atoms with Crippen molar-refractivity contribution in [2.24, 2.45) is 0 Å². The standard InChI is InChI=1S/C18H19F2N3O2/c1-3-17(24)22(14-7-5-6-8-15(14)25-4-2)11-13-10-21-23(12-13)16-9-18(16,19)20/h3,5-8,10,12,16H,1,4,9,11H2,2H3. The van der Waals surface area contributed by atoms with Gasteiger partial charge in [0.15, 0.2) is 0 Å². The van der Waals surface area contributed by atoms with Gasteiger partial charge in [0.1, 0.15) is 11.8 Å². The number of amides is 1. The van der Waals surface area contributed by atoms with Crippen molar-refractivity contribution < 1.29 is 18.3 Å². The second-order valence-corrected chi connectivity index (χ2v) is 5.84. The molecular formula is C18H19F2N3O2. The maximum Gasteiger partial charge on any atom is 0.272 e. The van der Waals surface area contributed by atoms with E-state index in [2.05, 4.69) is 11.7 Å². The Hall–Kier alpha value is -2.70. The van der Waals surface area contributed by atoms with Crippen molar-refractivity contribution >= 4 is 11.6 Å². The SMILES string of the molecule is C=CC(=O)N(Cc1cnn(C2CC2(F)F)c1)c1ccccc1OCC. The summed E-state index contributed by atoms with van der Waals surface area (Å²) in [6, 6.07) is 6.27. The molecule has 1 unspecified atom stereocenters. The molecule has 1 amide bonds. The molecule has 0 radical (unpaired) electrons. The topological polar surface area (TPSA) is 47.4 Å². The normalized spacial score (nSPS) is 17.8. The maximum absolute atomic E-state index is 13.2. The summed E-state index contributed by atoms with van der Waals surface area (Å²) in [5.41, 5.74) is 1.25. The van der Waals surface area contributed by atoms with E-state index in [1.807, 2.05) is 13.0 Å². The van der Waals surface area contributed by atoms with Gasteiger partial charge in [0, 0.05) is 18.2 Å². The smallest absolute Gasteiger partial charge is 0.272 e. The average Bonchev–Trinajstić information content (AvgIpc) is 3.02. The zero-order chi connectivity index (χ0) is 18.0. The molecule has 1 aromatic carbocycles. The van der Waals surface area contributed by atoms with E-state index in [-0.39, 0.29) is 18.9 Å². The largest absolute Gasteiger partial charge is 0.492 e. The highest BCUT2D eigenvalue weighted by Gasteiger charge is 2.59. The van der Waals surface area contributed by atoms with E-state index < -0.39 is 12.0 Å². The molecule has 1 aromatic heterocycles. The van der Waals surface area contributed by atoms with Gasteiger partial charge in [-0.3, -0.25) is 9.48 Å². The van der Waals surface area contributed by atoms with Gasteiger partial charge in [-0.1, -0.05) is 18.7 Å². The highest BCUT2D eigenvalue weighted by Crippen LogP contribution is 2.52. The fourth-order valence-corrected chi connectivity index (χ4v) is 2.65. The van der Waals surface area contributed by atoms with Crippen molar-refractivity contribution in [1.29, 1.82) is 0 Å². The summed E-state index contributed by atoms with van der Waals surface area (Å²) in [5.74, 6) is -2.43. The number of nitrogens with zero attached hydrogens (tertiary/aromatic N) is 3. The molecule has 1 heterocycles. The van der Waals surface area contributed by atoms with Crippen molar-refractivity contribution in [3.8, 4) is 5.75 Å². The molecule has 5 nitrogen and oxygen atoms in total. The number of halogens is 2. The number of para-hydroxylation sites is 2. The van der Waals surface area contributed by atoms with E-state index in [9.17, 15) is 13.6 Å². The lowest BCUT2D eigenvalue weighted by Gasteiger charge is -2.23. The summed E-state index contributed by atoms with van der Waals surface area (Å²) < 4.78 is 33.2. The number of anilines is 1. The Morgan fingerprint density at radius 2 is 2.24 bits per heavy atom. The Labute approximate surface area is 144 Å². The van der Waals surface area contributed by atoms with E-state index in [1.165, 1.54) is 21.9 Å². The number of aromatic nitrogens is 2. The van der Waals surface area contributed by atoms with E-state index in [0.717, 1.165) is 0 Å². The van der Waals surface area contributed by atoms with Gasteiger partial charge in [-0.15, -0.1) is 0 Å². The van der Waals surface area contributed by atoms with Gasteiger partial charge in [-0.25, -0.2) is 8.78 Å². The van der Waals surface area contributed by atoms with Crippen LogP contribution in [0.4, 0.5) is 14.5 Å². The monoisotopic (exact) mass is 347 g/mol. The third kappa shape index (κ3) is 3.55. The molecule has 1 aliphatic carbocycles. The predicted molar refractivity (Wildman–Crippen MR) is 89.8 cm³/mol. The first-order valence-electron chi connectivity index (χ1n) is 8.03. The van der Waals surface area contributed by atoms with Crippen molar-refractivity contribution in [2.45, 2.75) is 31.9 Å². The minimum Gasteiger partial charge on any atom is -0.492 e. The van der Waals surface area contributed by atoms with Crippen LogP contribution in [0, 0.1) is 0 Å². The molecule has 25 heavy (non-hydrogen) atoms. The quantitative estimate of drug-likeness (QED) is 0.719. The lowest BCUT2D eigenvalue weighted by Crippen LogP contribution is -2.28. The fraction of sp³-hybridized carbons (Fsp3) is 0.333. The Balaban J connectivity index is 1.85. The number of rotatable bonds is 7. The molecule has 1 fully saturated rings. The predicted octanol–water partition coefficient (Wildman–Crippen LogP) is 3.58. The van der Waals surface area contributed by atoms with Gasteiger partial charge in [-0.2, -0.15) is 5.10 Å². The van der Waals surface area contributed by atoms with Crippen LogP contribution in [0.2, 0.25) is 0 Å². The van der Waals surface area contributed by atoms with Crippen LogP contribution in [0.15, 0.2) is 49.3 Å². The fourth-order valence-electron chi connectivity index (χ4n) is 2.65. The van der Waals surface area contributed by atoms with Crippen molar-refractivity contribution in [3.63, 3.8) is 0 Å². The van der Waals surface area contributed by atoms with Crippen molar-refractivity contribution in [1.82, 2.24) is 9.78 Å². The first-order chi connectivity index (χ1) is 12.0. The molecule has 0 saturated heterocycles. The van der Waals surface area contributed by atoms with Gasteiger partial charge in [-0.05, 0) is 25.1 Å². The number of carbonyl (C=O) groups excluding carboxylic acids is 1. The zero-order valence-electron chi connectivity index (χ0n) is 13.9. The van der Waals surface area contributed by atoms with Gasteiger partial charge in [0.05, 0.1) is 25.0 Å². The molecule has 1 saturated carbocycles. The highest BCUT2D eigenvalue weighted by atomic mass is 19.3. The van der Waals surface area contributed by atoms with Crippen LogP contribution >= 0.6 is 0 Å². The van der Waals surface area contributed by atoms with Crippen LogP contribution in [0.3, 0.4) is 0 Å². The summed E-state index contributed by atoms with van der Waals surface area (Å²) in [6.07, 6.45) is 4.07. The Morgan fingerprint density at radius 3 is 2.88 bits per heavy atom. The number of alkyl halides is 2. The van der Waals surface area contributed by atoms with E-state index in [4.69, 9.17) is 4.74 Å². The number of hydrogen-bond acceptors (Lipinski definition) is 3. The van der Waals surface area contributed by atoms with Gasteiger partial charge in [0.2, 0.25) is 0 Å². The van der Waals surface area contributed by atoms with E-state index in [1.54, 1.807) is 24.4 Å². The molecule has 1 atom stereocenters. The first-order valence-corrected chi connectivity index (χ1v) is 8.03. The number of ether oxygens (including phenoxy) is 1. The molecule has 2 aromatic rings. The van der Waals surface area contributed by atoms with Crippen molar-refractivity contribution in [2.75, 3.05) is 11.5 Å². The van der Waals surface area contributed by atoms with Crippen molar-refractivity contribution in [3.05, 3.63) is 54.9 Å². The second-order valence-electron chi connectivity index (χ2n) is 5.84.